The van der Waals surface area contributed by atoms with Gasteiger partial charge in [0, 0.05) is 6.61 Å². The zero-order chi connectivity index (χ0) is 8.93. The molecule has 1 unspecified atom stereocenters. The van der Waals surface area contributed by atoms with Crippen LogP contribution in [0.25, 0.3) is 0 Å². The first-order valence-corrected chi connectivity index (χ1v) is 4.81. The van der Waals surface area contributed by atoms with Gasteiger partial charge < -0.3 is 4.74 Å². The Balaban J connectivity index is 1.90. The maximum absolute atomic E-state index is 5.62. The summed E-state index contributed by atoms with van der Waals surface area (Å²) in [4.78, 5) is 0. The topological polar surface area (TPSA) is 9.23 Å². The van der Waals surface area contributed by atoms with Crippen LogP contribution in [0.1, 0.15) is 18.4 Å². The summed E-state index contributed by atoms with van der Waals surface area (Å²) in [5.74, 6) is 0. The van der Waals surface area contributed by atoms with Crippen LogP contribution in [0.5, 0.6) is 0 Å². The first-order valence-electron chi connectivity index (χ1n) is 4.81. The third-order valence-electron chi connectivity index (χ3n) is 2.31. The second kappa shape index (κ2) is 4.43. The molecule has 0 aromatic heterocycles. The van der Waals surface area contributed by atoms with E-state index < -0.39 is 0 Å². The Morgan fingerprint density at radius 1 is 1.31 bits per heavy atom. The molecule has 1 heterocycles. The SMILES string of the molecule is [C]1CCOC(Cc2ccccc2)C1. The smallest absolute Gasteiger partial charge is 0.0621 e. The van der Waals surface area contributed by atoms with Crippen LogP contribution in [0.3, 0.4) is 0 Å². The summed E-state index contributed by atoms with van der Waals surface area (Å²) in [7, 11) is 0. The number of rotatable bonds is 2. The molecule has 2 radical (unpaired) electrons. The van der Waals surface area contributed by atoms with E-state index in [1.807, 2.05) is 6.07 Å². The Morgan fingerprint density at radius 3 is 2.85 bits per heavy atom. The molecule has 0 aliphatic carbocycles. The molecular weight excluding hydrogens is 160 g/mol. The summed E-state index contributed by atoms with van der Waals surface area (Å²) < 4.78 is 5.62. The highest BCUT2D eigenvalue weighted by Gasteiger charge is 2.14. The van der Waals surface area contributed by atoms with Gasteiger partial charge in [0.15, 0.2) is 0 Å². The van der Waals surface area contributed by atoms with E-state index in [0.29, 0.717) is 6.10 Å². The predicted molar refractivity (Wildman–Crippen MR) is 52.4 cm³/mol. The van der Waals surface area contributed by atoms with Crippen LogP contribution in [-0.4, -0.2) is 12.7 Å². The molecule has 1 nitrogen and oxygen atoms in total. The van der Waals surface area contributed by atoms with Crippen LogP contribution in [-0.2, 0) is 11.2 Å². The highest BCUT2D eigenvalue weighted by atomic mass is 16.5. The summed E-state index contributed by atoms with van der Waals surface area (Å²) in [5, 5.41) is 0. The van der Waals surface area contributed by atoms with E-state index in [4.69, 9.17) is 4.74 Å². The quantitative estimate of drug-likeness (QED) is 0.669. The van der Waals surface area contributed by atoms with Gasteiger partial charge in [0.05, 0.1) is 6.10 Å². The molecule has 0 amide bonds. The maximum Gasteiger partial charge on any atom is 0.0621 e. The van der Waals surface area contributed by atoms with Crippen LogP contribution in [0, 0.1) is 6.42 Å². The molecule has 13 heavy (non-hydrogen) atoms. The molecule has 1 aromatic rings. The number of benzene rings is 1. The summed E-state index contributed by atoms with van der Waals surface area (Å²) in [5.41, 5.74) is 1.36. The van der Waals surface area contributed by atoms with Gasteiger partial charge in [0.25, 0.3) is 0 Å². The van der Waals surface area contributed by atoms with Crippen molar-refractivity contribution >= 4 is 0 Å². The molecule has 0 N–H and O–H groups in total. The van der Waals surface area contributed by atoms with Gasteiger partial charge in [-0.2, -0.15) is 0 Å². The normalized spacial score (nSPS) is 22.9. The Kier molecular flexibility index (Phi) is 2.98. The lowest BCUT2D eigenvalue weighted by Crippen LogP contribution is -2.21. The maximum atomic E-state index is 5.62. The highest BCUT2D eigenvalue weighted by Crippen LogP contribution is 2.16. The Bertz CT molecular complexity index is 237. The number of hydrogen-bond acceptors (Lipinski definition) is 1. The minimum Gasteiger partial charge on any atom is -0.378 e. The van der Waals surface area contributed by atoms with Crippen LogP contribution >= 0.6 is 0 Å². The second-order valence-corrected chi connectivity index (χ2v) is 3.39. The van der Waals surface area contributed by atoms with Crippen molar-refractivity contribution in [1.29, 1.82) is 0 Å². The molecule has 1 fully saturated rings. The van der Waals surface area contributed by atoms with Crippen LogP contribution < -0.4 is 0 Å². The van der Waals surface area contributed by atoms with Crippen molar-refractivity contribution in [2.75, 3.05) is 6.61 Å². The van der Waals surface area contributed by atoms with Gasteiger partial charge >= 0.3 is 0 Å². The van der Waals surface area contributed by atoms with Crippen molar-refractivity contribution in [1.82, 2.24) is 0 Å². The monoisotopic (exact) mass is 174 g/mol. The number of hydrogen-bond donors (Lipinski definition) is 0. The van der Waals surface area contributed by atoms with Gasteiger partial charge in [-0.3, -0.25) is 0 Å². The highest BCUT2D eigenvalue weighted by molar-refractivity contribution is 5.15. The molecule has 68 valence electrons. The molecule has 2 rings (SSSR count). The largest absolute Gasteiger partial charge is 0.378 e. The van der Waals surface area contributed by atoms with E-state index in [0.717, 1.165) is 25.9 Å². The minimum atomic E-state index is 0.358. The average molecular weight is 174 g/mol. The Hall–Kier alpha value is -0.820. The van der Waals surface area contributed by atoms with Gasteiger partial charge in [-0.15, -0.1) is 0 Å². The van der Waals surface area contributed by atoms with Gasteiger partial charge in [-0.1, -0.05) is 30.3 Å². The lowest BCUT2D eigenvalue weighted by molar-refractivity contribution is 0.0346. The van der Waals surface area contributed by atoms with Crippen molar-refractivity contribution in [2.24, 2.45) is 0 Å². The zero-order valence-corrected chi connectivity index (χ0v) is 7.70. The molecule has 1 saturated heterocycles. The third-order valence-corrected chi connectivity index (χ3v) is 2.31. The fourth-order valence-corrected chi connectivity index (χ4v) is 1.63. The summed E-state index contributed by atoms with van der Waals surface area (Å²) in [6.07, 6.45) is 6.68. The molecule has 1 heteroatoms. The standard InChI is InChI=1S/C12H14O/c1-2-6-11(7-3-1)10-12-8-4-5-9-13-12/h1-3,6-7,12H,5,8-10H2. The van der Waals surface area contributed by atoms with Gasteiger partial charge in [0.1, 0.15) is 0 Å². The summed E-state index contributed by atoms with van der Waals surface area (Å²) >= 11 is 0. The van der Waals surface area contributed by atoms with Gasteiger partial charge in [-0.05, 0) is 31.2 Å². The van der Waals surface area contributed by atoms with Crippen molar-refractivity contribution in [3.63, 3.8) is 0 Å². The lowest BCUT2D eigenvalue weighted by Gasteiger charge is -2.21. The van der Waals surface area contributed by atoms with Crippen molar-refractivity contribution in [3.8, 4) is 0 Å². The fraction of sp³-hybridized carbons (Fsp3) is 0.417. The van der Waals surface area contributed by atoms with E-state index in [2.05, 4.69) is 30.7 Å². The average Bonchev–Trinajstić information content (AvgIpc) is 2.21. The summed E-state index contributed by atoms with van der Waals surface area (Å²) in [6, 6.07) is 10.5. The van der Waals surface area contributed by atoms with Gasteiger partial charge in [0.2, 0.25) is 0 Å². The fourth-order valence-electron chi connectivity index (χ4n) is 1.63. The van der Waals surface area contributed by atoms with Gasteiger partial charge in [-0.25, -0.2) is 0 Å². The molecule has 1 aliphatic heterocycles. The Labute approximate surface area is 79.7 Å². The molecule has 0 spiro atoms. The molecule has 1 aliphatic rings. The van der Waals surface area contributed by atoms with E-state index in [1.165, 1.54) is 5.56 Å². The zero-order valence-electron chi connectivity index (χ0n) is 7.70. The van der Waals surface area contributed by atoms with Crippen molar-refractivity contribution < 1.29 is 4.74 Å². The van der Waals surface area contributed by atoms with E-state index >= 15 is 0 Å². The minimum absolute atomic E-state index is 0.358. The van der Waals surface area contributed by atoms with E-state index in [1.54, 1.807) is 0 Å². The van der Waals surface area contributed by atoms with Crippen LogP contribution in [0.2, 0.25) is 0 Å². The Morgan fingerprint density at radius 2 is 2.15 bits per heavy atom. The van der Waals surface area contributed by atoms with Crippen molar-refractivity contribution in [3.05, 3.63) is 42.3 Å². The van der Waals surface area contributed by atoms with Crippen LogP contribution in [0.15, 0.2) is 30.3 Å². The van der Waals surface area contributed by atoms with E-state index in [9.17, 15) is 0 Å². The first kappa shape index (κ1) is 8.76. The number of ether oxygens (including phenoxy) is 1. The van der Waals surface area contributed by atoms with Crippen molar-refractivity contribution in [2.45, 2.75) is 25.4 Å². The molecule has 0 saturated carbocycles. The van der Waals surface area contributed by atoms with E-state index in [-0.39, 0.29) is 0 Å². The lowest BCUT2D eigenvalue weighted by atomic mass is 10.0. The predicted octanol–water partition coefficient (Wildman–Crippen LogP) is 2.49. The molecule has 1 atom stereocenters. The summed E-state index contributed by atoms with van der Waals surface area (Å²) in [6.45, 7) is 0.845. The first-order chi connectivity index (χ1) is 6.45. The third kappa shape index (κ3) is 2.56. The molecular formula is C12H14O. The van der Waals surface area contributed by atoms with Crippen LogP contribution in [0.4, 0.5) is 0 Å². The molecule has 0 bridgehead atoms. The molecule has 1 aromatic carbocycles. The second-order valence-electron chi connectivity index (χ2n) is 3.39.